The van der Waals surface area contributed by atoms with E-state index in [1.165, 1.54) is 144 Å². The van der Waals surface area contributed by atoms with Crippen molar-refractivity contribution in [3.63, 3.8) is 0 Å². The van der Waals surface area contributed by atoms with Gasteiger partial charge in [0.05, 0.1) is 61.7 Å². The first-order chi connectivity index (χ1) is 40.9. The largest absolute Gasteiger partial charge is 0.491 e. The molecule has 0 saturated heterocycles. The van der Waals surface area contributed by atoms with E-state index in [4.69, 9.17) is 40.0 Å². The maximum absolute atomic E-state index is 15.2. The summed E-state index contributed by atoms with van der Waals surface area (Å²) in [4.78, 5) is 70.4. The van der Waals surface area contributed by atoms with Gasteiger partial charge >= 0.3 is 0 Å². The van der Waals surface area contributed by atoms with Crippen LogP contribution < -0.4 is 50.3 Å². The summed E-state index contributed by atoms with van der Waals surface area (Å²) in [5, 5.41) is 3.06. The van der Waals surface area contributed by atoms with E-state index in [1.807, 2.05) is 0 Å². The smallest absolute Gasteiger partial charge is 0.257 e. The molecular weight excluding hydrogens is 1130 g/mol. The molecule has 18 nitrogen and oxygen atoms in total. The van der Waals surface area contributed by atoms with Gasteiger partial charge in [-0.15, -0.1) is 0 Å². The Morgan fingerprint density at radius 3 is 1.35 bits per heavy atom. The number of methoxy groups -OCH3 is 4. The van der Waals surface area contributed by atoms with Gasteiger partial charge in [0.2, 0.25) is 10.9 Å². The molecule has 436 valence electrons. The third-order valence-corrected chi connectivity index (χ3v) is 13.5. The van der Waals surface area contributed by atoms with Crippen LogP contribution in [0.4, 0.5) is 23.4 Å². The van der Waals surface area contributed by atoms with Crippen LogP contribution in [0.2, 0.25) is 5.15 Å². The van der Waals surface area contributed by atoms with Crippen LogP contribution in [0.1, 0.15) is 31.8 Å². The number of aromatic nitrogens is 6. The second kappa shape index (κ2) is 26.8. The van der Waals surface area contributed by atoms with Crippen LogP contribution >= 0.6 is 11.6 Å². The second-order valence-corrected chi connectivity index (χ2v) is 18.7. The minimum Gasteiger partial charge on any atom is -0.491 e. The van der Waals surface area contributed by atoms with Crippen LogP contribution in [0, 0.1) is 23.3 Å². The zero-order valence-corrected chi connectivity index (χ0v) is 47.6. The van der Waals surface area contributed by atoms with Gasteiger partial charge < -0.3 is 48.6 Å². The summed E-state index contributed by atoms with van der Waals surface area (Å²) in [6.45, 7) is 0. The Balaban J connectivity index is 0.000000215. The first kappa shape index (κ1) is 60.9. The van der Waals surface area contributed by atoms with E-state index in [0.717, 1.165) is 6.07 Å². The van der Waals surface area contributed by atoms with Crippen LogP contribution in [0.3, 0.4) is 0 Å². The minimum absolute atomic E-state index is 0.0717. The molecule has 6 aromatic heterocycles. The lowest BCUT2D eigenvalue weighted by molar-refractivity contribution is 0.0983. The Kier molecular flexibility index (Phi) is 19.2. The monoisotopic (exact) mass is 1180 g/mol. The number of nitrogens with two attached hydrogens (primary N) is 1. The third kappa shape index (κ3) is 13.2. The molecule has 6 heterocycles. The Bertz CT molecular complexity index is 4280. The fourth-order valence-electron chi connectivity index (χ4n) is 8.94. The molecule has 3 N–H and O–H groups in total. The number of hydrogen-bond acceptors (Lipinski definition) is 16. The summed E-state index contributed by atoms with van der Waals surface area (Å²) < 4.78 is 93.0. The molecule has 0 radical (unpaired) electrons. The number of pyridine rings is 6. The number of nitrogens with one attached hydrogen (secondary N) is 1. The number of ether oxygens (including phenoxy) is 6. The number of fused-ring (bicyclic) bond motifs is 2. The summed E-state index contributed by atoms with van der Waals surface area (Å²) in [7, 11) is 12.3. The fraction of sp³-hybridized carbons (Fsp3) is 0.161. The number of Topliss-reactive ketones (excluding diaryl/α,β-unsaturated/α-hetero) is 2. The van der Waals surface area contributed by atoms with Crippen LogP contribution in [-0.4, -0.2) is 83.2 Å². The standard InChI is InChI=1S/C31H26F2N4O5.C30H22ClF2N3O5.CH5N/c1-34-30-27(18-6-8-19(32)9-7-18)29(39)20(16-37(30)2)23(38)14-17-5-10-24(21(33)13-17)42-25-11-12-35-22-15-26(40-3)31(41-4)36-28(22)25;1-36-15-19(28(38)26(29(36)31)17-5-7-18(32)8-6-17)22(37)13-16-4-9-23(20(33)12-16)41-24-10-11-34-21-14-25(39-2)30(40-3)35-27(21)24;1-2/h5-13,15-16,34H,14H2,1-4H3;4-12,14-15H,13H2,1-3H3;2H2,1H3. The summed E-state index contributed by atoms with van der Waals surface area (Å²) >= 11 is 6.36. The first-order valence-corrected chi connectivity index (χ1v) is 26.0. The quantitative estimate of drug-likeness (QED) is 0.0491. The number of hydrogen-bond donors (Lipinski definition) is 2. The maximum Gasteiger partial charge on any atom is 0.257 e. The lowest BCUT2D eigenvalue weighted by Gasteiger charge is -2.16. The molecule has 0 atom stereocenters. The average Bonchev–Trinajstić information content (AvgIpc) is 2.97. The van der Waals surface area contributed by atoms with E-state index in [-0.39, 0.29) is 75.0 Å². The SMILES string of the molecule is CN.CNc1c(-c2ccc(F)cc2)c(=O)c(C(=O)Cc2ccc(Oc3ccnc4cc(OC)c(OC)nc34)c(F)c2)cn1C.COc1cc2nccc(Oc3ccc(CC(=O)c4cn(C)c(Cl)c(-c5ccc(F)cc5)c4=O)cc3F)c2nc1OC. The number of rotatable bonds is 17. The third-order valence-electron chi connectivity index (χ3n) is 13.0. The molecule has 10 aromatic rings. The van der Waals surface area contributed by atoms with Crippen molar-refractivity contribution in [2.75, 3.05) is 47.9 Å². The van der Waals surface area contributed by atoms with E-state index < -0.39 is 45.7 Å². The summed E-state index contributed by atoms with van der Waals surface area (Å²) in [6.07, 6.45) is 5.26. The number of anilines is 1. The molecule has 0 bridgehead atoms. The topological polar surface area (TPSA) is 223 Å². The number of aryl methyl sites for hydroxylation is 2. The molecule has 0 aliphatic rings. The number of nitrogens with zero attached hydrogens (tertiary/aromatic N) is 6. The summed E-state index contributed by atoms with van der Waals surface area (Å²) in [5.74, 6) is -1.47. The van der Waals surface area contributed by atoms with Gasteiger partial charge in [-0.3, -0.25) is 29.1 Å². The van der Waals surface area contributed by atoms with Crippen molar-refractivity contribution in [3.8, 4) is 68.5 Å². The number of ketones is 2. The van der Waals surface area contributed by atoms with Crippen molar-refractivity contribution in [2.24, 2.45) is 19.8 Å². The molecule has 0 fully saturated rings. The fourth-order valence-corrected chi connectivity index (χ4v) is 9.19. The zero-order chi connectivity index (χ0) is 61.2. The Morgan fingerprint density at radius 2 is 0.953 bits per heavy atom. The van der Waals surface area contributed by atoms with E-state index in [9.17, 15) is 28.0 Å². The molecule has 10 rings (SSSR count). The summed E-state index contributed by atoms with van der Waals surface area (Å²) in [5.41, 5.74) is 6.55. The van der Waals surface area contributed by atoms with E-state index >= 15 is 8.78 Å². The zero-order valence-electron chi connectivity index (χ0n) is 46.8. The molecule has 0 unspecified atom stereocenters. The van der Waals surface area contributed by atoms with Gasteiger partial charge in [-0.1, -0.05) is 48.0 Å². The molecule has 0 amide bonds. The lowest BCUT2D eigenvalue weighted by atomic mass is 9.98. The predicted octanol–water partition coefficient (Wildman–Crippen LogP) is 11.3. The average molecular weight is 1180 g/mol. The normalized spacial score (nSPS) is 10.8. The van der Waals surface area contributed by atoms with E-state index in [1.54, 1.807) is 50.0 Å². The first-order valence-electron chi connectivity index (χ1n) is 25.6. The number of halogens is 5. The van der Waals surface area contributed by atoms with Crippen molar-refractivity contribution in [1.82, 2.24) is 29.1 Å². The molecule has 0 spiro atoms. The molecule has 0 aliphatic carbocycles. The van der Waals surface area contributed by atoms with Gasteiger partial charge in [-0.05, 0) is 77.8 Å². The molecule has 4 aromatic carbocycles. The van der Waals surface area contributed by atoms with Crippen molar-refractivity contribution >= 4 is 51.1 Å². The highest BCUT2D eigenvalue weighted by Gasteiger charge is 2.24. The van der Waals surface area contributed by atoms with E-state index in [0.29, 0.717) is 61.6 Å². The highest BCUT2D eigenvalue weighted by molar-refractivity contribution is 6.32. The van der Waals surface area contributed by atoms with Crippen molar-refractivity contribution < 1.29 is 55.6 Å². The summed E-state index contributed by atoms with van der Waals surface area (Å²) in [6, 6.07) is 25.2. The van der Waals surface area contributed by atoms with Crippen molar-refractivity contribution in [1.29, 1.82) is 0 Å². The molecule has 23 heteroatoms. The van der Waals surface area contributed by atoms with Gasteiger partial charge in [0.15, 0.2) is 57.7 Å². The van der Waals surface area contributed by atoms with Crippen LogP contribution in [0.15, 0.2) is 144 Å². The molecular formula is C62H53ClF4N8O10. The Hall–Kier alpha value is -10.2. The van der Waals surface area contributed by atoms with E-state index in [2.05, 4.69) is 31.0 Å². The van der Waals surface area contributed by atoms with Gasteiger partial charge in [-0.25, -0.2) is 27.5 Å². The highest BCUT2D eigenvalue weighted by Crippen LogP contribution is 2.37. The van der Waals surface area contributed by atoms with Gasteiger partial charge in [0, 0.05) is 83.0 Å². The van der Waals surface area contributed by atoms with Crippen molar-refractivity contribution in [3.05, 3.63) is 205 Å². The van der Waals surface area contributed by atoms with Crippen LogP contribution in [0.25, 0.3) is 44.3 Å². The predicted molar refractivity (Wildman–Crippen MR) is 313 cm³/mol. The second-order valence-electron chi connectivity index (χ2n) is 18.3. The highest BCUT2D eigenvalue weighted by atomic mass is 35.5. The number of carbonyl (C=O) groups excluding carboxylic acids is 2. The van der Waals surface area contributed by atoms with Gasteiger partial charge in [0.25, 0.3) is 11.8 Å². The molecule has 0 aliphatic heterocycles. The van der Waals surface area contributed by atoms with Crippen molar-refractivity contribution in [2.45, 2.75) is 12.8 Å². The molecule has 0 saturated carbocycles. The Morgan fingerprint density at radius 1 is 0.541 bits per heavy atom. The lowest BCUT2D eigenvalue weighted by Crippen LogP contribution is -2.23. The molecule has 85 heavy (non-hydrogen) atoms. The van der Waals surface area contributed by atoms with Gasteiger partial charge in [-0.2, -0.15) is 0 Å². The van der Waals surface area contributed by atoms with Crippen LogP contribution in [0.5, 0.6) is 46.3 Å². The van der Waals surface area contributed by atoms with Gasteiger partial charge in [0.1, 0.15) is 33.6 Å². The Labute approximate surface area is 488 Å². The van der Waals surface area contributed by atoms with Crippen LogP contribution in [-0.2, 0) is 26.9 Å². The minimum atomic E-state index is -0.725. The number of carbonyl (C=O) groups is 2. The number of benzene rings is 4. The maximum atomic E-state index is 15.2.